The van der Waals surface area contributed by atoms with Gasteiger partial charge >= 0.3 is 17.9 Å². The summed E-state index contributed by atoms with van der Waals surface area (Å²) >= 11 is 0. The van der Waals surface area contributed by atoms with Crippen molar-refractivity contribution >= 4 is 17.9 Å². The summed E-state index contributed by atoms with van der Waals surface area (Å²) < 4.78 is 17.2. The summed E-state index contributed by atoms with van der Waals surface area (Å²) in [6.45, 7) is 4.43. The summed E-state index contributed by atoms with van der Waals surface area (Å²) in [6, 6.07) is -0.625. The van der Waals surface area contributed by atoms with Crippen LogP contribution in [0.5, 0.6) is 0 Å². The SMILES string of the molecule is CC/C=C/C=C/C=C/CCCCCCCC(=O)OCC(COCCC(C(=O)O)[N+](C)(C)C)OC(=O)CCCCCCCC/C=C/C/C=C/C/C=C/C/C=C/CC. The molecule has 0 aromatic heterocycles. The van der Waals surface area contributed by atoms with Crippen molar-refractivity contribution in [2.75, 3.05) is 41.0 Å². The van der Waals surface area contributed by atoms with Gasteiger partial charge in [-0.2, -0.15) is 0 Å². The first-order valence-electron chi connectivity index (χ1n) is 21.7. The third-order valence-electron chi connectivity index (χ3n) is 9.10. The lowest BCUT2D eigenvalue weighted by molar-refractivity contribution is -0.887. The molecule has 56 heavy (non-hydrogen) atoms. The molecule has 8 nitrogen and oxygen atoms in total. The van der Waals surface area contributed by atoms with E-state index in [1.54, 1.807) is 0 Å². The first kappa shape index (κ1) is 52.5. The van der Waals surface area contributed by atoms with Gasteiger partial charge in [0.15, 0.2) is 12.1 Å². The van der Waals surface area contributed by atoms with Crippen LogP contribution in [0.4, 0.5) is 0 Å². The Kier molecular flexibility index (Phi) is 36.0. The monoisotopic (exact) mass is 783 g/mol. The van der Waals surface area contributed by atoms with Crippen molar-refractivity contribution in [2.24, 2.45) is 0 Å². The molecule has 318 valence electrons. The summed E-state index contributed by atoms with van der Waals surface area (Å²) in [6.07, 6.45) is 49.1. The minimum atomic E-state index is -0.885. The van der Waals surface area contributed by atoms with E-state index >= 15 is 0 Å². The van der Waals surface area contributed by atoms with E-state index in [1.165, 1.54) is 12.8 Å². The van der Waals surface area contributed by atoms with Crippen LogP contribution >= 0.6 is 0 Å². The summed E-state index contributed by atoms with van der Waals surface area (Å²) in [7, 11) is 5.50. The van der Waals surface area contributed by atoms with E-state index in [4.69, 9.17) is 14.2 Å². The molecule has 0 aliphatic carbocycles. The second kappa shape index (κ2) is 38.4. The van der Waals surface area contributed by atoms with Crippen LogP contribution in [-0.2, 0) is 28.6 Å². The van der Waals surface area contributed by atoms with Gasteiger partial charge in [0.25, 0.3) is 0 Å². The molecule has 0 fully saturated rings. The Hall–Kier alpha value is -3.49. The van der Waals surface area contributed by atoms with Crippen molar-refractivity contribution in [1.82, 2.24) is 0 Å². The van der Waals surface area contributed by atoms with Gasteiger partial charge in [0, 0.05) is 19.3 Å². The standard InChI is InChI=1S/C48H79NO7/c1-6-8-10-12-14-16-18-20-21-22-23-24-25-27-29-31-33-35-37-39-47(51)56-44(42-54-41-40-45(48(52)53)49(3,4)5)43-55-46(50)38-36-34-32-30-28-26-19-17-15-13-11-9-7-2/h8-11,13-17,19-21,23-24,44-45H,6-7,12,18,22,25-43H2,1-5H3/p+1/b10-8+,11-9+,15-13+,16-14+,19-17+,21-20+,24-23+. The number of quaternary nitrogens is 1. The fourth-order valence-corrected chi connectivity index (χ4v) is 5.79. The molecule has 0 amide bonds. The maximum Gasteiger partial charge on any atom is 0.362 e. The third-order valence-corrected chi connectivity index (χ3v) is 9.10. The lowest BCUT2D eigenvalue weighted by Crippen LogP contribution is -2.50. The normalized spacial score (nSPS) is 13.8. The second-order valence-corrected chi connectivity index (χ2v) is 15.2. The minimum absolute atomic E-state index is 0.0431. The Morgan fingerprint density at radius 3 is 1.59 bits per heavy atom. The van der Waals surface area contributed by atoms with Gasteiger partial charge in [-0.05, 0) is 70.6 Å². The number of carbonyl (C=O) groups is 3. The molecule has 2 unspecified atom stereocenters. The molecule has 0 rings (SSSR count). The number of likely N-dealkylation sites (N-methyl/N-ethyl adjacent to an activating group) is 1. The Morgan fingerprint density at radius 1 is 0.554 bits per heavy atom. The van der Waals surface area contributed by atoms with Gasteiger partial charge in [0.05, 0.1) is 34.4 Å². The van der Waals surface area contributed by atoms with Gasteiger partial charge in [-0.15, -0.1) is 0 Å². The summed E-state index contributed by atoms with van der Waals surface area (Å²) in [5.41, 5.74) is 0. The number of carbonyl (C=O) groups excluding carboxylic acids is 2. The number of aliphatic carboxylic acids is 1. The van der Waals surface area contributed by atoms with E-state index in [0.29, 0.717) is 19.3 Å². The number of carboxylic acid groups (broad SMARTS) is 1. The molecular formula is C48H80NO7+. The maximum atomic E-state index is 12.7. The Labute approximate surface area is 342 Å². The van der Waals surface area contributed by atoms with Crippen molar-refractivity contribution in [3.63, 3.8) is 0 Å². The van der Waals surface area contributed by atoms with Crippen LogP contribution < -0.4 is 0 Å². The first-order valence-corrected chi connectivity index (χ1v) is 21.7. The second-order valence-electron chi connectivity index (χ2n) is 15.2. The Morgan fingerprint density at radius 2 is 1.04 bits per heavy atom. The molecule has 2 atom stereocenters. The van der Waals surface area contributed by atoms with Gasteiger partial charge in [-0.1, -0.05) is 144 Å². The lowest BCUT2D eigenvalue weighted by atomic mass is 10.1. The fourth-order valence-electron chi connectivity index (χ4n) is 5.79. The molecule has 0 aromatic rings. The van der Waals surface area contributed by atoms with Crippen LogP contribution in [0.2, 0.25) is 0 Å². The Balaban J connectivity index is 4.41. The van der Waals surface area contributed by atoms with Crippen molar-refractivity contribution in [1.29, 1.82) is 0 Å². The van der Waals surface area contributed by atoms with Crippen LogP contribution in [0.1, 0.15) is 149 Å². The predicted molar refractivity (Wildman–Crippen MR) is 233 cm³/mol. The molecule has 1 N–H and O–H groups in total. The zero-order valence-electron chi connectivity index (χ0n) is 36.1. The number of carboxylic acids is 1. The predicted octanol–water partition coefficient (Wildman–Crippen LogP) is 11.7. The molecule has 0 spiro atoms. The van der Waals surface area contributed by atoms with E-state index in [2.05, 4.69) is 92.8 Å². The highest BCUT2D eigenvalue weighted by Gasteiger charge is 2.31. The van der Waals surface area contributed by atoms with Crippen LogP contribution in [0, 0.1) is 0 Å². The number of allylic oxidation sites excluding steroid dienone is 14. The fraction of sp³-hybridized carbons (Fsp3) is 0.646. The van der Waals surface area contributed by atoms with Gasteiger partial charge in [0.2, 0.25) is 0 Å². The number of esters is 2. The quantitative estimate of drug-likeness (QED) is 0.0220. The van der Waals surface area contributed by atoms with Gasteiger partial charge in [-0.25, -0.2) is 4.79 Å². The number of ether oxygens (including phenoxy) is 3. The largest absolute Gasteiger partial charge is 0.477 e. The molecule has 0 bridgehead atoms. The van der Waals surface area contributed by atoms with Crippen molar-refractivity contribution < 1.29 is 38.2 Å². The molecule has 0 radical (unpaired) electrons. The molecule has 0 aliphatic rings. The lowest BCUT2D eigenvalue weighted by Gasteiger charge is -2.31. The smallest absolute Gasteiger partial charge is 0.362 e. The van der Waals surface area contributed by atoms with Crippen molar-refractivity contribution in [3.05, 3.63) is 85.1 Å². The van der Waals surface area contributed by atoms with Gasteiger partial charge in [0.1, 0.15) is 6.61 Å². The molecule has 0 aromatic carbocycles. The molecule has 8 heteroatoms. The molecule has 0 aliphatic heterocycles. The van der Waals surface area contributed by atoms with E-state index in [-0.39, 0.29) is 36.2 Å². The summed E-state index contributed by atoms with van der Waals surface area (Å²) in [4.78, 5) is 37.0. The molecule has 0 heterocycles. The van der Waals surface area contributed by atoms with E-state index in [0.717, 1.165) is 103 Å². The van der Waals surface area contributed by atoms with E-state index in [9.17, 15) is 19.5 Å². The number of rotatable bonds is 37. The molecular weight excluding hydrogens is 703 g/mol. The molecule has 0 saturated heterocycles. The zero-order chi connectivity index (χ0) is 41.4. The highest BCUT2D eigenvalue weighted by atomic mass is 16.6. The zero-order valence-corrected chi connectivity index (χ0v) is 36.1. The first-order chi connectivity index (χ1) is 27.1. The van der Waals surface area contributed by atoms with Gasteiger partial charge < -0.3 is 23.8 Å². The Bertz CT molecular complexity index is 1190. The van der Waals surface area contributed by atoms with Crippen LogP contribution in [0.25, 0.3) is 0 Å². The van der Waals surface area contributed by atoms with Crippen LogP contribution in [-0.4, -0.2) is 80.6 Å². The van der Waals surface area contributed by atoms with E-state index in [1.807, 2.05) is 27.2 Å². The van der Waals surface area contributed by atoms with Crippen molar-refractivity contribution in [3.8, 4) is 0 Å². The minimum Gasteiger partial charge on any atom is -0.477 e. The number of hydrogen-bond donors (Lipinski definition) is 1. The summed E-state index contributed by atoms with van der Waals surface area (Å²) in [5, 5.41) is 9.61. The average Bonchev–Trinajstić information content (AvgIpc) is 3.15. The number of hydrogen-bond acceptors (Lipinski definition) is 6. The van der Waals surface area contributed by atoms with Crippen LogP contribution in [0.3, 0.4) is 0 Å². The van der Waals surface area contributed by atoms with E-state index < -0.39 is 18.1 Å². The number of nitrogens with zero attached hydrogens (tertiary/aromatic N) is 1. The highest BCUT2D eigenvalue weighted by Crippen LogP contribution is 2.13. The van der Waals surface area contributed by atoms with Crippen molar-refractivity contribution in [2.45, 2.75) is 161 Å². The maximum absolute atomic E-state index is 12.7. The van der Waals surface area contributed by atoms with Crippen LogP contribution in [0.15, 0.2) is 85.1 Å². The average molecular weight is 783 g/mol. The molecule has 0 saturated carbocycles. The highest BCUT2D eigenvalue weighted by molar-refractivity contribution is 5.72. The van der Waals surface area contributed by atoms with Gasteiger partial charge in [-0.3, -0.25) is 9.59 Å². The third kappa shape index (κ3) is 36.2. The summed E-state index contributed by atoms with van der Waals surface area (Å²) in [5.74, 6) is -1.53. The topological polar surface area (TPSA) is 99.1 Å². The number of unbranched alkanes of at least 4 members (excludes halogenated alkanes) is 11.